The van der Waals surface area contributed by atoms with Crippen LogP contribution < -0.4 is 4.90 Å². The van der Waals surface area contributed by atoms with Crippen molar-refractivity contribution in [1.82, 2.24) is 20.1 Å². The van der Waals surface area contributed by atoms with Gasteiger partial charge in [0.05, 0.1) is 12.2 Å². The van der Waals surface area contributed by atoms with Crippen molar-refractivity contribution in [2.75, 3.05) is 4.90 Å². The van der Waals surface area contributed by atoms with Crippen LogP contribution in [-0.2, 0) is 18.5 Å². The first kappa shape index (κ1) is 14.8. The summed E-state index contributed by atoms with van der Waals surface area (Å²) in [6.07, 6.45) is 1.92. The van der Waals surface area contributed by atoms with Crippen molar-refractivity contribution in [2.45, 2.75) is 39.3 Å². The van der Waals surface area contributed by atoms with Crippen molar-refractivity contribution >= 4 is 5.95 Å². The maximum absolute atomic E-state index is 5.40. The van der Waals surface area contributed by atoms with E-state index in [1.54, 1.807) is 0 Å². The highest BCUT2D eigenvalue weighted by Gasteiger charge is 2.27. The minimum absolute atomic E-state index is 0.0604. The highest BCUT2D eigenvalue weighted by Crippen LogP contribution is 2.28. The topological polar surface area (TPSA) is 67.9 Å². The van der Waals surface area contributed by atoms with Crippen LogP contribution in [0.15, 0.2) is 41.1 Å². The normalized spacial score (nSPS) is 14.0. The van der Waals surface area contributed by atoms with Crippen LogP contribution in [0.3, 0.4) is 0 Å². The van der Waals surface area contributed by atoms with Gasteiger partial charge in [-0.3, -0.25) is 0 Å². The number of aromatic nitrogens is 4. The highest BCUT2D eigenvalue weighted by atomic mass is 16.5. The number of hydrogen-bond acceptors (Lipinski definition) is 6. The standard InChI is InChI=1S/C18H19N5O/c1-18(2,3)16-19-9-13-10-23(11-14(13)20-16)17-21-15(24-22-17)12-7-5-4-6-8-12/h4-9H,10-11H2,1-3H3. The van der Waals surface area contributed by atoms with E-state index >= 15 is 0 Å². The molecule has 1 aliphatic rings. The fraction of sp³-hybridized carbons (Fsp3) is 0.333. The van der Waals surface area contributed by atoms with Crippen LogP contribution in [0.25, 0.3) is 11.5 Å². The average Bonchev–Trinajstić information content (AvgIpc) is 3.21. The van der Waals surface area contributed by atoms with Crippen LogP contribution in [0.2, 0.25) is 0 Å². The molecule has 0 saturated heterocycles. The maximum atomic E-state index is 5.40. The van der Waals surface area contributed by atoms with Crippen molar-refractivity contribution < 1.29 is 4.52 Å². The minimum atomic E-state index is -0.0604. The Hall–Kier alpha value is -2.76. The first-order valence-corrected chi connectivity index (χ1v) is 8.00. The Labute approximate surface area is 140 Å². The van der Waals surface area contributed by atoms with E-state index in [-0.39, 0.29) is 5.41 Å². The molecule has 3 heterocycles. The molecule has 1 aliphatic heterocycles. The number of fused-ring (bicyclic) bond motifs is 1. The zero-order valence-electron chi connectivity index (χ0n) is 14.0. The van der Waals surface area contributed by atoms with Crippen LogP contribution in [-0.4, -0.2) is 20.1 Å². The van der Waals surface area contributed by atoms with Crippen LogP contribution in [0, 0.1) is 0 Å². The first-order valence-electron chi connectivity index (χ1n) is 8.00. The van der Waals surface area contributed by atoms with Gasteiger partial charge in [0.2, 0.25) is 0 Å². The largest absolute Gasteiger partial charge is 0.332 e. The lowest BCUT2D eigenvalue weighted by Gasteiger charge is -2.16. The number of anilines is 1. The maximum Gasteiger partial charge on any atom is 0.267 e. The lowest BCUT2D eigenvalue weighted by atomic mass is 9.95. The smallest absolute Gasteiger partial charge is 0.267 e. The van der Waals surface area contributed by atoms with Crippen molar-refractivity contribution in [1.29, 1.82) is 0 Å². The lowest BCUT2D eigenvalue weighted by molar-refractivity contribution is 0.429. The Balaban J connectivity index is 1.58. The average molecular weight is 321 g/mol. The van der Waals surface area contributed by atoms with Crippen LogP contribution in [0.5, 0.6) is 0 Å². The van der Waals surface area contributed by atoms with E-state index in [0.717, 1.165) is 22.6 Å². The third kappa shape index (κ3) is 2.64. The summed E-state index contributed by atoms with van der Waals surface area (Å²) in [5, 5.41) is 4.12. The van der Waals surface area contributed by atoms with Crippen molar-refractivity contribution in [3.8, 4) is 11.5 Å². The molecule has 0 saturated carbocycles. The molecule has 0 spiro atoms. The molecule has 0 aliphatic carbocycles. The molecule has 0 bridgehead atoms. The number of rotatable bonds is 2. The summed E-state index contributed by atoms with van der Waals surface area (Å²) in [6, 6.07) is 9.78. The van der Waals surface area contributed by atoms with Gasteiger partial charge in [-0.2, -0.15) is 4.98 Å². The van der Waals surface area contributed by atoms with Gasteiger partial charge in [0, 0.05) is 29.3 Å². The van der Waals surface area contributed by atoms with Gasteiger partial charge in [0.25, 0.3) is 11.8 Å². The fourth-order valence-electron chi connectivity index (χ4n) is 2.70. The highest BCUT2D eigenvalue weighted by molar-refractivity contribution is 5.54. The molecule has 0 atom stereocenters. The van der Waals surface area contributed by atoms with E-state index < -0.39 is 0 Å². The molecule has 3 aromatic rings. The van der Waals surface area contributed by atoms with E-state index in [4.69, 9.17) is 9.51 Å². The summed E-state index contributed by atoms with van der Waals surface area (Å²) in [4.78, 5) is 15.8. The molecular formula is C18H19N5O. The molecule has 0 amide bonds. The number of hydrogen-bond donors (Lipinski definition) is 0. The third-order valence-electron chi connectivity index (χ3n) is 4.05. The zero-order valence-corrected chi connectivity index (χ0v) is 14.0. The molecule has 6 nitrogen and oxygen atoms in total. The van der Waals surface area contributed by atoms with Gasteiger partial charge in [0.15, 0.2) is 0 Å². The molecule has 2 aromatic heterocycles. The molecule has 4 rings (SSSR count). The SMILES string of the molecule is CC(C)(C)c1ncc2c(n1)CN(c1noc(-c3ccccc3)n1)C2. The van der Waals surface area contributed by atoms with Gasteiger partial charge in [-0.05, 0) is 17.3 Å². The van der Waals surface area contributed by atoms with Crippen molar-refractivity contribution in [3.05, 3.63) is 53.6 Å². The fourth-order valence-corrected chi connectivity index (χ4v) is 2.70. The summed E-state index contributed by atoms with van der Waals surface area (Å²) in [6.45, 7) is 7.73. The third-order valence-corrected chi connectivity index (χ3v) is 4.05. The second-order valence-corrected chi connectivity index (χ2v) is 7.04. The molecule has 1 aromatic carbocycles. The summed E-state index contributed by atoms with van der Waals surface area (Å²) in [5.41, 5.74) is 3.02. The molecular weight excluding hydrogens is 302 g/mol. The first-order chi connectivity index (χ1) is 11.5. The number of benzene rings is 1. The van der Waals surface area contributed by atoms with Gasteiger partial charge in [-0.1, -0.05) is 39.0 Å². The van der Waals surface area contributed by atoms with E-state index in [1.165, 1.54) is 0 Å². The molecule has 0 unspecified atom stereocenters. The van der Waals surface area contributed by atoms with Crippen LogP contribution in [0.1, 0.15) is 37.9 Å². The Kier molecular flexibility index (Phi) is 3.33. The van der Waals surface area contributed by atoms with Crippen LogP contribution in [0.4, 0.5) is 5.95 Å². The lowest BCUT2D eigenvalue weighted by Crippen LogP contribution is -2.17. The van der Waals surface area contributed by atoms with Gasteiger partial charge >= 0.3 is 0 Å². The summed E-state index contributed by atoms with van der Waals surface area (Å²) in [7, 11) is 0. The molecule has 24 heavy (non-hydrogen) atoms. The Morgan fingerprint density at radius 3 is 2.58 bits per heavy atom. The predicted molar refractivity (Wildman–Crippen MR) is 90.4 cm³/mol. The zero-order chi connectivity index (χ0) is 16.7. The van der Waals surface area contributed by atoms with Gasteiger partial charge in [-0.25, -0.2) is 9.97 Å². The van der Waals surface area contributed by atoms with Gasteiger partial charge < -0.3 is 9.42 Å². The molecule has 0 radical (unpaired) electrons. The Morgan fingerprint density at radius 1 is 1.04 bits per heavy atom. The van der Waals surface area contributed by atoms with Crippen molar-refractivity contribution in [2.24, 2.45) is 0 Å². The van der Waals surface area contributed by atoms with E-state index in [2.05, 4.69) is 40.8 Å². The summed E-state index contributed by atoms with van der Waals surface area (Å²) < 4.78 is 5.40. The van der Waals surface area contributed by atoms with E-state index in [0.29, 0.717) is 24.9 Å². The second kappa shape index (κ2) is 5.40. The van der Waals surface area contributed by atoms with E-state index in [1.807, 2.05) is 36.5 Å². The van der Waals surface area contributed by atoms with E-state index in [9.17, 15) is 0 Å². The molecule has 0 N–H and O–H groups in total. The Bertz CT molecular complexity index is 867. The monoisotopic (exact) mass is 321 g/mol. The summed E-state index contributed by atoms with van der Waals surface area (Å²) in [5.74, 6) is 1.98. The number of nitrogens with zero attached hydrogens (tertiary/aromatic N) is 5. The van der Waals surface area contributed by atoms with Gasteiger partial charge in [-0.15, -0.1) is 0 Å². The quantitative estimate of drug-likeness (QED) is 0.721. The van der Waals surface area contributed by atoms with Crippen LogP contribution >= 0.6 is 0 Å². The molecule has 6 heteroatoms. The van der Waals surface area contributed by atoms with Crippen molar-refractivity contribution in [3.63, 3.8) is 0 Å². The summed E-state index contributed by atoms with van der Waals surface area (Å²) >= 11 is 0. The minimum Gasteiger partial charge on any atom is -0.332 e. The predicted octanol–water partition coefficient (Wildman–Crippen LogP) is 3.34. The van der Waals surface area contributed by atoms with Gasteiger partial charge in [0.1, 0.15) is 5.82 Å². The second-order valence-electron chi connectivity index (χ2n) is 7.04. The molecule has 122 valence electrons. The Morgan fingerprint density at radius 2 is 1.83 bits per heavy atom. The molecule has 0 fully saturated rings.